The highest BCUT2D eigenvalue weighted by molar-refractivity contribution is 7.92. The molecule has 0 bridgehead atoms. The predicted octanol–water partition coefficient (Wildman–Crippen LogP) is 4.42. The highest BCUT2D eigenvalue weighted by Gasteiger charge is 2.28. The van der Waals surface area contributed by atoms with Gasteiger partial charge in [-0.1, -0.05) is 43.5 Å². The second-order valence-electron chi connectivity index (χ2n) is 10.2. The topological polar surface area (TPSA) is 96.0 Å². The van der Waals surface area contributed by atoms with Gasteiger partial charge in [-0.15, -0.1) is 0 Å². The summed E-state index contributed by atoms with van der Waals surface area (Å²) in [5.41, 5.74) is 2.42. The van der Waals surface area contributed by atoms with Crippen molar-refractivity contribution in [3.63, 3.8) is 0 Å². The molecule has 1 aliphatic rings. The summed E-state index contributed by atoms with van der Waals surface area (Å²) in [7, 11) is -1.93. The van der Waals surface area contributed by atoms with Gasteiger partial charge in [0.25, 0.3) is 0 Å². The first-order valence-corrected chi connectivity index (χ1v) is 15.2. The van der Waals surface area contributed by atoms with Gasteiger partial charge in [-0.2, -0.15) is 0 Å². The zero-order valence-electron chi connectivity index (χ0n) is 23.0. The zero-order valence-corrected chi connectivity index (χ0v) is 23.8. The second kappa shape index (κ2) is 13.6. The fraction of sp³-hybridized carbons (Fsp3) is 0.517. The van der Waals surface area contributed by atoms with Crippen LogP contribution in [-0.2, 0) is 26.2 Å². The number of aryl methyl sites for hydroxylation is 1. The van der Waals surface area contributed by atoms with Crippen molar-refractivity contribution in [2.75, 3.05) is 24.2 Å². The summed E-state index contributed by atoms with van der Waals surface area (Å²) >= 11 is 0. The maximum atomic E-state index is 13.5. The van der Waals surface area contributed by atoms with E-state index in [1.54, 1.807) is 25.0 Å². The molecule has 0 saturated heterocycles. The van der Waals surface area contributed by atoms with Crippen LogP contribution >= 0.6 is 0 Å². The lowest BCUT2D eigenvalue weighted by Gasteiger charge is -2.31. The average molecular weight is 544 g/mol. The molecule has 3 rings (SSSR count). The number of hydrogen-bond donors (Lipinski definition) is 1. The number of anilines is 1. The van der Waals surface area contributed by atoms with Crippen LogP contribution in [0.4, 0.5) is 5.69 Å². The zero-order chi connectivity index (χ0) is 27.7. The van der Waals surface area contributed by atoms with E-state index in [2.05, 4.69) is 5.32 Å². The Morgan fingerprint density at radius 2 is 1.76 bits per heavy atom. The number of amides is 2. The van der Waals surface area contributed by atoms with Gasteiger partial charge in [-0.25, -0.2) is 8.42 Å². The number of methoxy groups -OCH3 is 1. The van der Waals surface area contributed by atoms with Crippen LogP contribution in [0.5, 0.6) is 5.75 Å². The average Bonchev–Trinajstić information content (AvgIpc) is 2.89. The summed E-state index contributed by atoms with van der Waals surface area (Å²) < 4.78 is 31.6. The van der Waals surface area contributed by atoms with Crippen LogP contribution in [0.1, 0.15) is 63.0 Å². The van der Waals surface area contributed by atoms with Crippen LogP contribution in [0.15, 0.2) is 48.5 Å². The third kappa shape index (κ3) is 8.48. The Balaban J connectivity index is 1.72. The molecule has 0 aliphatic heterocycles. The Labute approximate surface area is 227 Å². The molecule has 1 atom stereocenters. The third-order valence-electron chi connectivity index (χ3n) is 7.07. The number of hydrogen-bond acceptors (Lipinski definition) is 5. The summed E-state index contributed by atoms with van der Waals surface area (Å²) in [5.74, 6) is 0.368. The maximum absolute atomic E-state index is 13.5. The molecule has 8 nitrogen and oxygen atoms in total. The normalized spacial score (nSPS) is 14.9. The molecular formula is C29H41N3O5S. The van der Waals surface area contributed by atoms with Gasteiger partial charge >= 0.3 is 0 Å². The standard InChI is InChI=1S/C29H41N3O5S/c1-22-10-8-13-26(20-22)32(38(4,35)36)19-9-14-28(33)31(21-24-15-17-27(37-3)18-16-24)23(2)29(34)30-25-11-6-5-7-12-25/h8,10,13,15-18,20,23,25H,5-7,9,11-12,14,19,21H2,1-4H3,(H,30,34)/t23-/m0/s1. The summed E-state index contributed by atoms with van der Waals surface area (Å²) in [4.78, 5) is 28.2. The number of nitrogens with zero attached hydrogens (tertiary/aromatic N) is 2. The molecule has 2 aromatic carbocycles. The van der Waals surface area contributed by atoms with Gasteiger partial charge in [0, 0.05) is 25.6 Å². The van der Waals surface area contributed by atoms with E-state index >= 15 is 0 Å². The molecule has 208 valence electrons. The van der Waals surface area contributed by atoms with Crippen molar-refractivity contribution in [3.8, 4) is 5.75 Å². The third-order valence-corrected chi connectivity index (χ3v) is 8.27. The van der Waals surface area contributed by atoms with Crippen LogP contribution in [0.2, 0.25) is 0 Å². The van der Waals surface area contributed by atoms with Gasteiger partial charge < -0.3 is 15.0 Å². The minimum Gasteiger partial charge on any atom is -0.497 e. The Morgan fingerprint density at radius 1 is 1.08 bits per heavy atom. The molecule has 0 unspecified atom stereocenters. The fourth-order valence-electron chi connectivity index (χ4n) is 4.87. The molecule has 1 aliphatic carbocycles. The first-order valence-electron chi connectivity index (χ1n) is 13.4. The van der Waals surface area contributed by atoms with Crippen molar-refractivity contribution in [2.45, 2.75) is 77.4 Å². The Kier molecular flexibility index (Phi) is 10.6. The lowest BCUT2D eigenvalue weighted by molar-refractivity contribution is -0.141. The van der Waals surface area contributed by atoms with Crippen molar-refractivity contribution < 1.29 is 22.7 Å². The minimum atomic E-state index is -3.52. The molecule has 2 aromatic rings. The molecule has 1 N–H and O–H groups in total. The van der Waals surface area contributed by atoms with E-state index in [4.69, 9.17) is 4.74 Å². The van der Waals surface area contributed by atoms with Crippen LogP contribution in [0.3, 0.4) is 0 Å². The fourth-order valence-corrected chi connectivity index (χ4v) is 5.82. The quantitative estimate of drug-likeness (QED) is 0.428. The number of nitrogens with one attached hydrogen (secondary N) is 1. The van der Waals surface area contributed by atoms with E-state index in [-0.39, 0.29) is 37.4 Å². The van der Waals surface area contributed by atoms with Crippen molar-refractivity contribution in [3.05, 3.63) is 59.7 Å². The van der Waals surface area contributed by atoms with Crippen molar-refractivity contribution in [2.24, 2.45) is 0 Å². The number of carbonyl (C=O) groups excluding carboxylic acids is 2. The Bertz CT molecular complexity index is 1180. The number of sulfonamides is 1. The molecular weight excluding hydrogens is 502 g/mol. The number of rotatable bonds is 12. The van der Waals surface area contributed by atoms with E-state index in [9.17, 15) is 18.0 Å². The molecule has 0 spiro atoms. The predicted molar refractivity (Wildman–Crippen MR) is 151 cm³/mol. The van der Waals surface area contributed by atoms with Gasteiger partial charge in [0.2, 0.25) is 21.8 Å². The molecule has 1 saturated carbocycles. The highest BCUT2D eigenvalue weighted by atomic mass is 32.2. The van der Waals surface area contributed by atoms with Gasteiger partial charge in [0.1, 0.15) is 11.8 Å². The van der Waals surface area contributed by atoms with Crippen molar-refractivity contribution >= 4 is 27.5 Å². The molecule has 9 heteroatoms. The van der Waals surface area contributed by atoms with Crippen LogP contribution in [-0.4, -0.2) is 57.1 Å². The van der Waals surface area contributed by atoms with E-state index in [0.717, 1.165) is 36.8 Å². The molecule has 38 heavy (non-hydrogen) atoms. The largest absolute Gasteiger partial charge is 0.497 e. The van der Waals surface area contributed by atoms with E-state index in [1.807, 2.05) is 49.4 Å². The first-order chi connectivity index (χ1) is 18.1. The molecule has 1 fully saturated rings. The van der Waals surface area contributed by atoms with Crippen molar-refractivity contribution in [1.29, 1.82) is 0 Å². The summed E-state index contributed by atoms with van der Waals surface area (Å²) in [6.45, 7) is 4.11. The number of ether oxygens (including phenoxy) is 1. The molecule has 0 aromatic heterocycles. The van der Waals surface area contributed by atoms with Crippen molar-refractivity contribution in [1.82, 2.24) is 10.2 Å². The van der Waals surface area contributed by atoms with E-state index < -0.39 is 16.1 Å². The summed E-state index contributed by atoms with van der Waals surface area (Å²) in [6, 6.07) is 14.2. The van der Waals surface area contributed by atoms with Gasteiger partial charge in [-0.05, 0) is 68.5 Å². The lowest BCUT2D eigenvalue weighted by atomic mass is 9.95. The van der Waals surface area contributed by atoms with Crippen LogP contribution < -0.4 is 14.4 Å². The highest BCUT2D eigenvalue weighted by Crippen LogP contribution is 2.22. The number of benzene rings is 2. The van der Waals surface area contributed by atoms with Gasteiger partial charge in [0.05, 0.1) is 19.1 Å². The smallest absolute Gasteiger partial charge is 0.242 e. The molecule has 0 radical (unpaired) electrons. The summed E-state index contributed by atoms with van der Waals surface area (Å²) in [5, 5.41) is 3.14. The summed E-state index contributed by atoms with van der Waals surface area (Å²) in [6.07, 6.45) is 6.94. The Hall–Kier alpha value is -3.07. The Morgan fingerprint density at radius 3 is 2.37 bits per heavy atom. The maximum Gasteiger partial charge on any atom is 0.242 e. The SMILES string of the molecule is COc1ccc(CN(C(=O)CCCN(c2cccc(C)c2)S(C)(=O)=O)[C@@H](C)C(=O)NC2CCCCC2)cc1. The minimum absolute atomic E-state index is 0.120. The van der Waals surface area contributed by atoms with E-state index in [1.165, 1.54) is 17.0 Å². The second-order valence-corrected chi connectivity index (χ2v) is 12.1. The first kappa shape index (κ1) is 29.5. The lowest BCUT2D eigenvalue weighted by Crippen LogP contribution is -2.50. The molecule has 2 amide bonds. The van der Waals surface area contributed by atoms with Crippen LogP contribution in [0, 0.1) is 6.92 Å². The van der Waals surface area contributed by atoms with Crippen LogP contribution in [0.25, 0.3) is 0 Å². The monoisotopic (exact) mass is 543 g/mol. The van der Waals surface area contributed by atoms with Gasteiger partial charge in [-0.3, -0.25) is 13.9 Å². The van der Waals surface area contributed by atoms with Gasteiger partial charge in [0.15, 0.2) is 0 Å². The number of carbonyl (C=O) groups is 2. The van der Waals surface area contributed by atoms with E-state index in [0.29, 0.717) is 17.9 Å². The molecule has 0 heterocycles.